The number of nitrogens with zero attached hydrogens (tertiary/aromatic N) is 4. The Morgan fingerprint density at radius 3 is 3.07 bits per heavy atom. The molecule has 15 heavy (non-hydrogen) atoms. The molecule has 1 fully saturated rings. The van der Waals surface area contributed by atoms with Gasteiger partial charge in [0.15, 0.2) is 5.65 Å². The smallest absolute Gasteiger partial charge is 0.178 e. The van der Waals surface area contributed by atoms with Gasteiger partial charge >= 0.3 is 0 Å². The van der Waals surface area contributed by atoms with Crippen molar-refractivity contribution in [2.75, 3.05) is 0 Å². The predicted molar refractivity (Wildman–Crippen MR) is 53.3 cm³/mol. The van der Waals surface area contributed by atoms with Gasteiger partial charge in [-0.1, -0.05) is 11.6 Å². The molecule has 6 heteroatoms. The molecule has 0 N–H and O–H groups in total. The lowest BCUT2D eigenvalue weighted by Gasteiger charge is -1.99. The second-order valence-electron chi connectivity index (χ2n) is 3.74. The monoisotopic (exact) mass is 226 g/mol. The average Bonchev–Trinajstić information content (AvgIpc) is 2.74. The van der Waals surface area contributed by atoms with E-state index in [0.29, 0.717) is 29.3 Å². The topological polar surface area (TPSA) is 43.6 Å². The van der Waals surface area contributed by atoms with E-state index in [1.54, 1.807) is 10.9 Å². The summed E-state index contributed by atoms with van der Waals surface area (Å²) < 4.78 is 14.4. The van der Waals surface area contributed by atoms with Crippen LogP contribution in [0, 0.1) is 5.92 Å². The molecule has 0 radical (unpaired) electrons. The average molecular weight is 227 g/mol. The lowest BCUT2D eigenvalue weighted by molar-refractivity contribution is 0.419. The molecule has 0 unspecified atom stereocenters. The van der Waals surface area contributed by atoms with Crippen molar-refractivity contribution in [3.05, 3.63) is 17.5 Å². The molecular weight excluding hydrogens is 219 g/mol. The molecule has 2 aromatic heterocycles. The predicted octanol–water partition coefficient (Wildman–Crippen LogP) is 1.84. The molecular formula is C9H8ClFN4. The molecule has 1 aliphatic rings. The minimum Gasteiger partial charge on any atom is -0.248 e. The molecule has 0 amide bonds. The third kappa shape index (κ3) is 1.56. The second-order valence-corrected chi connectivity index (χ2v) is 4.13. The van der Waals surface area contributed by atoms with Gasteiger partial charge < -0.3 is 0 Å². The normalized spacial score (nSPS) is 24.7. The second kappa shape index (κ2) is 3.13. The zero-order valence-electron chi connectivity index (χ0n) is 7.77. The largest absolute Gasteiger partial charge is 0.248 e. The number of aromatic nitrogens is 4. The highest BCUT2D eigenvalue weighted by atomic mass is 35.5. The highest BCUT2D eigenvalue weighted by Crippen LogP contribution is 2.35. The van der Waals surface area contributed by atoms with Crippen LogP contribution in [0.15, 0.2) is 12.4 Å². The molecule has 0 bridgehead atoms. The van der Waals surface area contributed by atoms with E-state index in [9.17, 15) is 4.39 Å². The van der Waals surface area contributed by atoms with Crippen LogP contribution < -0.4 is 0 Å². The summed E-state index contributed by atoms with van der Waals surface area (Å²) in [6.45, 7) is 0.555. The van der Waals surface area contributed by atoms with Crippen molar-refractivity contribution in [1.82, 2.24) is 19.7 Å². The molecule has 0 saturated heterocycles. The quantitative estimate of drug-likeness (QED) is 0.785. The summed E-state index contributed by atoms with van der Waals surface area (Å²) in [4.78, 5) is 8.20. The molecule has 1 saturated carbocycles. The van der Waals surface area contributed by atoms with Gasteiger partial charge in [0, 0.05) is 12.5 Å². The third-order valence-corrected chi connectivity index (χ3v) is 2.74. The highest BCUT2D eigenvalue weighted by Gasteiger charge is 2.38. The molecule has 0 aromatic carbocycles. The summed E-state index contributed by atoms with van der Waals surface area (Å²) in [7, 11) is 0. The molecule has 4 nitrogen and oxygen atoms in total. The van der Waals surface area contributed by atoms with Gasteiger partial charge in [-0.3, -0.25) is 0 Å². The van der Waals surface area contributed by atoms with E-state index in [1.807, 2.05) is 0 Å². The summed E-state index contributed by atoms with van der Waals surface area (Å²) in [6, 6.07) is 0. The first-order chi connectivity index (χ1) is 7.24. The van der Waals surface area contributed by atoms with Crippen molar-refractivity contribution >= 4 is 22.8 Å². The number of hydrogen-bond donors (Lipinski definition) is 0. The Labute approximate surface area is 90.1 Å². The summed E-state index contributed by atoms with van der Waals surface area (Å²) in [5.41, 5.74) is 1.32. The SMILES string of the molecule is F[C@@H]1C[C@@H]1Cn1ncc2ncc(Cl)nc21. The van der Waals surface area contributed by atoms with Gasteiger partial charge in [-0.25, -0.2) is 19.0 Å². The van der Waals surface area contributed by atoms with E-state index >= 15 is 0 Å². The van der Waals surface area contributed by atoms with Gasteiger partial charge in [-0.05, 0) is 6.42 Å². The van der Waals surface area contributed by atoms with Crippen molar-refractivity contribution in [3.63, 3.8) is 0 Å². The fraction of sp³-hybridized carbons (Fsp3) is 0.444. The summed E-state index contributed by atoms with van der Waals surface area (Å²) >= 11 is 5.74. The lowest BCUT2D eigenvalue weighted by atomic mass is 10.4. The first kappa shape index (κ1) is 9.03. The molecule has 2 aromatic rings. The Morgan fingerprint density at radius 1 is 1.53 bits per heavy atom. The molecule has 0 spiro atoms. The third-order valence-electron chi connectivity index (χ3n) is 2.56. The van der Waals surface area contributed by atoms with E-state index in [2.05, 4.69) is 15.1 Å². The van der Waals surface area contributed by atoms with Crippen LogP contribution >= 0.6 is 11.6 Å². The molecule has 1 aliphatic carbocycles. The van der Waals surface area contributed by atoms with Crippen LogP contribution in [0.4, 0.5) is 4.39 Å². The maximum absolute atomic E-state index is 12.7. The van der Waals surface area contributed by atoms with Crippen molar-refractivity contribution in [1.29, 1.82) is 0 Å². The molecule has 0 aliphatic heterocycles. The molecule has 3 rings (SSSR count). The van der Waals surface area contributed by atoms with Crippen molar-refractivity contribution in [2.24, 2.45) is 5.92 Å². The Balaban J connectivity index is 1.99. The minimum absolute atomic E-state index is 0.0777. The van der Waals surface area contributed by atoms with Crippen LogP contribution in [0.25, 0.3) is 11.2 Å². The van der Waals surface area contributed by atoms with Crippen LogP contribution in [-0.2, 0) is 6.54 Å². The van der Waals surface area contributed by atoms with E-state index in [1.165, 1.54) is 6.20 Å². The maximum Gasteiger partial charge on any atom is 0.178 e. The minimum atomic E-state index is -0.684. The number of fused-ring (bicyclic) bond motifs is 1. The first-order valence-electron chi connectivity index (χ1n) is 4.72. The van der Waals surface area contributed by atoms with Crippen LogP contribution in [-0.4, -0.2) is 25.9 Å². The van der Waals surface area contributed by atoms with E-state index in [-0.39, 0.29) is 5.92 Å². The number of rotatable bonds is 2. The molecule has 2 heterocycles. The van der Waals surface area contributed by atoms with Gasteiger partial charge in [0.2, 0.25) is 0 Å². The van der Waals surface area contributed by atoms with E-state index in [0.717, 1.165) is 0 Å². The van der Waals surface area contributed by atoms with Crippen LogP contribution in [0.1, 0.15) is 6.42 Å². The Hall–Kier alpha value is -1.23. The van der Waals surface area contributed by atoms with E-state index in [4.69, 9.17) is 11.6 Å². The standard InChI is InChI=1S/C9H8ClFN4/c10-8-3-12-7-2-13-15(9(7)14-8)4-5-1-6(5)11/h2-3,5-6H,1,4H2/t5-,6-/m1/s1. The maximum atomic E-state index is 12.7. The summed E-state index contributed by atoms with van der Waals surface area (Å²) in [6.07, 6.45) is 3.03. The van der Waals surface area contributed by atoms with Crippen molar-refractivity contribution in [3.8, 4) is 0 Å². The van der Waals surface area contributed by atoms with Gasteiger partial charge in [0.05, 0.1) is 12.4 Å². The van der Waals surface area contributed by atoms with Gasteiger partial charge in [0.25, 0.3) is 0 Å². The van der Waals surface area contributed by atoms with Gasteiger partial charge in [0.1, 0.15) is 16.8 Å². The summed E-state index contributed by atoms with van der Waals surface area (Å²) in [5, 5.41) is 4.45. The van der Waals surface area contributed by atoms with Crippen LogP contribution in [0.5, 0.6) is 0 Å². The highest BCUT2D eigenvalue weighted by molar-refractivity contribution is 6.29. The zero-order valence-corrected chi connectivity index (χ0v) is 8.52. The van der Waals surface area contributed by atoms with Crippen LogP contribution in [0.3, 0.4) is 0 Å². The molecule has 78 valence electrons. The van der Waals surface area contributed by atoms with Gasteiger partial charge in [-0.2, -0.15) is 5.10 Å². The summed E-state index contributed by atoms with van der Waals surface area (Å²) in [5.74, 6) is 0.0777. The van der Waals surface area contributed by atoms with Crippen LogP contribution in [0.2, 0.25) is 5.15 Å². The fourth-order valence-electron chi connectivity index (χ4n) is 1.58. The Morgan fingerprint density at radius 2 is 2.33 bits per heavy atom. The Bertz CT molecular complexity index is 512. The fourth-order valence-corrected chi connectivity index (χ4v) is 1.71. The Kier molecular flexibility index (Phi) is 1.88. The van der Waals surface area contributed by atoms with Gasteiger partial charge in [-0.15, -0.1) is 0 Å². The number of hydrogen-bond acceptors (Lipinski definition) is 3. The van der Waals surface area contributed by atoms with Crippen molar-refractivity contribution < 1.29 is 4.39 Å². The van der Waals surface area contributed by atoms with Crippen molar-refractivity contribution in [2.45, 2.75) is 19.1 Å². The number of halogens is 2. The molecule has 2 atom stereocenters. The first-order valence-corrected chi connectivity index (χ1v) is 5.10. The lowest BCUT2D eigenvalue weighted by Crippen LogP contribution is -2.04. The zero-order chi connectivity index (χ0) is 10.4. The van der Waals surface area contributed by atoms with E-state index < -0.39 is 6.17 Å². The number of alkyl halides is 1.